The molecule has 0 aliphatic carbocycles. The molecule has 20 heavy (non-hydrogen) atoms. The normalized spacial score (nSPS) is 24.2. The van der Waals surface area contributed by atoms with E-state index in [1.807, 2.05) is 12.1 Å². The third-order valence-corrected chi connectivity index (χ3v) is 4.17. The minimum atomic E-state index is -0.0821. The first-order valence-electron chi connectivity index (χ1n) is 7.81. The smallest absolute Gasteiger partial charge is 0.127 e. The van der Waals surface area contributed by atoms with Crippen molar-refractivity contribution in [2.45, 2.75) is 52.2 Å². The van der Waals surface area contributed by atoms with Gasteiger partial charge in [0.2, 0.25) is 0 Å². The zero-order chi connectivity index (χ0) is 14.5. The molecule has 0 saturated carbocycles. The first kappa shape index (κ1) is 15.5. The molecule has 1 aliphatic heterocycles. The van der Waals surface area contributed by atoms with Crippen LogP contribution in [-0.2, 0) is 6.54 Å². The van der Waals surface area contributed by atoms with E-state index in [9.17, 15) is 4.39 Å². The van der Waals surface area contributed by atoms with Crippen molar-refractivity contribution in [3.05, 3.63) is 35.6 Å². The Balaban J connectivity index is 2.03. The van der Waals surface area contributed by atoms with E-state index in [2.05, 4.69) is 31.0 Å². The van der Waals surface area contributed by atoms with E-state index < -0.39 is 0 Å². The molecule has 1 aromatic rings. The number of piperazine rings is 1. The molecule has 0 aromatic heterocycles. The van der Waals surface area contributed by atoms with E-state index in [4.69, 9.17) is 0 Å². The van der Waals surface area contributed by atoms with E-state index in [1.165, 1.54) is 6.42 Å². The molecular formula is C17H27FN2. The molecule has 1 saturated heterocycles. The van der Waals surface area contributed by atoms with Gasteiger partial charge in [-0.05, 0) is 24.8 Å². The summed E-state index contributed by atoms with van der Waals surface area (Å²) in [7, 11) is 0. The van der Waals surface area contributed by atoms with Gasteiger partial charge in [-0.2, -0.15) is 0 Å². The van der Waals surface area contributed by atoms with Gasteiger partial charge in [0.1, 0.15) is 5.82 Å². The summed E-state index contributed by atoms with van der Waals surface area (Å²) in [6.07, 6.45) is 2.29. The molecule has 112 valence electrons. The van der Waals surface area contributed by atoms with Crippen LogP contribution in [0.2, 0.25) is 0 Å². The third kappa shape index (κ3) is 4.03. The number of hydrogen-bond donors (Lipinski definition) is 1. The summed E-state index contributed by atoms with van der Waals surface area (Å²) in [5.41, 5.74) is 0.816. The van der Waals surface area contributed by atoms with E-state index in [0.717, 1.165) is 31.6 Å². The molecule has 0 spiro atoms. The molecule has 2 unspecified atom stereocenters. The Morgan fingerprint density at radius 3 is 2.75 bits per heavy atom. The molecule has 2 rings (SSSR count). The Bertz CT molecular complexity index is 419. The maximum Gasteiger partial charge on any atom is 0.127 e. The minimum absolute atomic E-state index is 0.0821. The summed E-state index contributed by atoms with van der Waals surface area (Å²) in [5.74, 6) is 0.613. The Kier molecular flexibility index (Phi) is 5.55. The fraction of sp³-hybridized carbons (Fsp3) is 0.647. The average Bonchev–Trinajstić information content (AvgIpc) is 2.41. The van der Waals surface area contributed by atoms with Gasteiger partial charge in [-0.1, -0.05) is 39.0 Å². The quantitative estimate of drug-likeness (QED) is 0.888. The highest BCUT2D eigenvalue weighted by molar-refractivity contribution is 5.17. The summed E-state index contributed by atoms with van der Waals surface area (Å²) in [6.45, 7) is 9.49. The maximum atomic E-state index is 13.8. The molecule has 0 radical (unpaired) electrons. The van der Waals surface area contributed by atoms with Crippen molar-refractivity contribution in [3.63, 3.8) is 0 Å². The van der Waals surface area contributed by atoms with Crippen LogP contribution in [0.5, 0.6) is 0 Å². The molecule has 3 heteroatoms. The van der Waals surface area contributed by atoms with E-state index in [-0.39, 0.29) is 5.82 Å². The van der Waals surface area contributed by atoms with Crippen molar-refractivity contribution in [2.24, 2.45) is 5.92 Å². The highest BCUT2D eigenvalue weighted by Gasteiger charge is 2.27. The zero-order valence-electron chi connectivity index (χ0n) is 12.9. The molecule has 0 bridgehead atoms. The van der Waals surface area contributed by atoms with E-state index >= 15 is 0 Å². The maximum absolute atomic E-state index is 13.8. The molecular weight excluding hydrogens is 251 g/mol. The second-order valence-corrected chi connectivity index (χ2v) is 6.32. The monoisotopic (exact) mass is 278 g/mol. The molecule has 2 atom stereocenters. The van der Waals surface area contributed by atoms with Gasteiger partial charge in [0.15, 0.2) is 0 Å². The highest BCUT2D eigenvalue weighted by Crippen LogP contribution is 2.19. The van der Waals surface area contributed by atoms with Crippen LogP contribution in [0.25, 0.3) is 0 Å². The Morgan fingerprint density at radius 1 is 1.35 bits per heavy atom. The second kappa shape index (κ2) is 7.19. The first-order valence-corrected chi connectivity index (χ1v) is 7.81. The lowest BCUT2D eigenvalue weighted by atomic mass is 9.98. The number of benzene rings is 1. The topological polar surface area (TPSA) is 15.3 Å². The van der Waals surface area contributed by atoms with Crippen molar-refractivity contribution < 1.29 is 4.39 Å². The predicted molar refractivity (Wildman–Crippen MR) is 82.1 cm³/mol. The Hall–Kier alpha value is -0.930. The van der Waals surface area contributed by atoms with Crippen LogP contribution in [0.3, 0.4) is 0 Å². The van der Waals surface area contributed by atoms with E-state index in [0.29, 0.717) is 18.0 Å². The fourth-order valence-corrected chi connectivity index (χ4v) is 3.10. The van der Waals surface area contributed by atoms with Crippen molar-refractivity contribution >= 4 is 0 Å². The van der Waals surface area contributed by atoms with Crippen molar-refractivity contribution in [3.8, 4) is 0 Å². The third-order valence-electron chi connectivity index (χ3n) is 4.17. The number of halogens is 1. The Labute approximate surface area is 122 Å². The summed E-state index contributed by atoms with van der Waals surface area (Å²) < 4.78 is 13.8. The number of nitrogens with one attached hydrogen (secondary N) is 1. The zero-order valence-corrected chi connectivity index (χ0v) is 12.9. The van der Waals surface area contributed by atoms with Crippen LogP contribution in [0.1, 0.15) is 39.2 Å². The fourth-order valence-electron chi connectivity index (χ4n) is 3.10. The molecule has 1 aliphatic rings. The molecule has 1 N–H and O–H groups in total. The SMILES string of the molecule is CCC1CNC(CC(C)C)CN1Cc1ccccc1F. The number of hydrogen-bond acceptors (Lipinski definition) is 2. The highest BCUT2D eigenvalue weighted by atomic mass is 19.1. The average molecular weight is 278 g/mol. The van der Waals surface area contributed by atoms with Crippen LogP contribution < -0.4 is 5.32 Å². The second-order valence-electron chi connectivity index (χ2n) is 6.32. The van der Waals surface area contributed by atoms with Gasteiger partial charge in [0.25, 0.3) is 0 Å². The summed E-state index contributed by atoms with van der Waals surface area (Å²) in [6, 6.07) is 8.19. The summed E-state index contributed by atoms with van der Waals surface area (Å²) in [4.78, 5) is 2.45. The standard InChI is InChI=1S/C17H27FN2/c1-4-16-10-19-15(9-13(2)3)12-20(16)11-14-7-5-6-8-17(14)18/h5-8,13,15-16,19H,4,9-12H2,1-3H3. The van der Waals surface area contributed by atoms with Crippen LogP contribution in [0, 0.1) is 11.7 Å². The van der Waals surface area contributed by atoms with Gasteiger partial charge in [-0.3, -0.25) is 4.90 Å². The van der Waals surface area contributed by atoms with Crippen LogP contribution in [0.4, 0.5) is 4.39 Å². The minimum Gasteiger partial charge on any atom is -0.311 e. The molecule has 1 heterocycles. The van der Waals surface area contributed by atoms with Crippen molar-refractivity contribution in [2.75, 3.05) is 13.1 Å². The van der Waals surface area contributed by atoms with Crippen molar-refractivity contribution in [1.29, 1.82) is 0 Å². The Morgan fingerprint density at radius 2 is 2.10 bits per heavy atom. The van der Waals surface area contributed by atoms with Gasteiger partial charge in [-0.25, -0.2) is 4.39 Å². The van der Waals surface area contributed by atoms with Gasteiger partial charge < -0.3 is 5.32 Å². The van der Waals surface area contributed by atoms with Crippen LogP contribution in [0.15, 0.2) is 24.3 Å². The van der Waals surface area contributed by atoms with Gasteiger partial charge in [0, 0.05) is 37.3 Å². The van der Waals surface area contributed by atoms with Crippen molar-refractivity contribution in [1.82, 2.24) is 10.2 Å². The van der Waals surface area contributed by atoms with E-state index in [1.54, 1.807) is 12.1 Å². The van der Waals surface area contributed by atoms with Gasteiger partial charge in [0.05, 0.1) is 0 Å². The molecule has 0 amide bonds. The molecule has 1 aromatic carbocycles. The van der Waals surface area contributed by atoms with Crippen LogP contribution >= 0.6 is 0 Å². The number of nitrogens with zero attached hydrogens (tertiary/aromatic N) is 1. The molecule has 1 fully saturated rings. The number of rotatable bonds is 5. The van der Waals surface area contributed by atoms with Crippen LogP contribution in [-0.4, -0.2) is 30.1 Å². The summed E-state index contributed by atoms with van der Waals surface area (Å²) in [5, 5.41) is 3.65. The largest absolute Gasteiger partial charge is 0.311 e. The lowest BCUT2D eigenvalue weighted by molar-refractivity contribution is 0.110. The lowest BCUT2D eigenvalue weighted by Gasteiger charge is -2.40. The van der Waals surface area contributed by atoms with Gasteiger partial charge >= 0.3 is 0 Å². The molecule has 2 nitrogen and oxygen atoms in total. The summed E-state index contributed by atoms with van der Waals surface area (Å²) >= 11 is 0. The van der Waals surface area contributed by atoms with Gasteiger partial charge in [-0.15, -0.1) is 0 Å². The first-order chi connectivity index (χ1) is 9.60. The lowest BCUT2D eigenvalue weighted by Crippen LogP contribution is -2.56. The predicted octanol–water partition coefficient (Wildman–Crippen LogP) is 3.42.